The molecule has 0 bridgehead atoms. The molecule has 0 saturated heterocycles. The summed E-state index contributed by atoms with van der Waals surface area (Å²) in [5.74, 6) is 2.55. The van der Waals surface area contributed by atoms with Crippen LogP contribution in [0.5, 0.6) is 11.5 Å². The Balaban J connectivity index is 0.00000499. The van der Waals surface area contributed by atoms with Gasteiger partial charge >= 0.3 is 0 Å². The summed E-state index contributed by atoms with van der Waals surface area (Å²) < 4.78 is 8.80. The van der Waals surface area contributed by atoms with E-state index >= 15 is 0 Å². The maximum Gasteiger partial charge on any atom is 0.135 e. The maximum absolute atomic E-state index is 6.61. The summed E-state index contributed by atoms with van der Waals surface area (Å²) in [5.41, 5.74) is 13.6. The molecule has 6 aromatic carbocycles. The number of pyridine rings is 1. The van der Waals surface area contributed by atoms with E-state index in [9.17, 15) is 0 Å². The number of anilines is 4. The summed E-state index contributed by atoms with van der Waals surface area (Å²) in [6.07, 6.45) is 2.00. The second-order valence-electron chi connectivity index (χ2n) is 18.2. The van der Waals surface area contributed by atoms with Gasteiger partial charge in [-0.15, -0.1) is 48.1 Å². The Hall–Kier alpha value is -5.64. The summed E-state index contributed by atoms with van der Waals surface area (Å²) >= 11 is 0. The van der Waals surface area contributed by atoms with Gasteiger partial charge < -0.3 is 19.1 Å². The molecule has 0 radical (unpaired) electrons. The SMILES string of the molecule is Cc1cc(-n2c3[c-]c(Oc4[c-]c(N5[CH-]N(c6cc(C(C)(C)C)cc(C(C)(C)C)c6)c6ccccc65)ccc4)ccc3c3ccccc32)ncc1-c1ccc(C(C)C)cc1.[Pt]. The van der Waals surface area contributed by atoms with Gasteiger partial charge in [0, 0.05) is 66.9 Å². The summed E-state index contributed by atoms with van der Waals surface area (Å²) in [6.45, 7) is 22.5. The normalized spacial score (nSPS) is 13.0. The first-order valence-corrected chi connectivity index (χ1v) is 20.6. The fraction of sp³-hybridized carbons (Fsp3) is 0.222. The first kappa shape index (κ1) is 41.1. The Morgan fingerprint density at radius 1 is 0.650 bits per heavy atom. The fourth-order valence-electron chi connectivity index (χ4n) is 8.07. The van der Waals surface area contributed by atoms with Gasteiger partial charge in [-0.2, -0.15) is 12.1 Å². The van der Waals surface area contributed by atoms with Crippen LogP contribution in [0.4, 0.5) is 22.7 Å². The van der Waals surface area contributed by atoms with Gasteiger partial charge in [-0.3, -0.25) is 0 Å². The van der Waals surface area contributed by atoms with Gasteiger partial charge in [-0.25, -0.2) is 4.98 Å². The van der Waals surface area contributed by atoms with Crippen molar-refractivity contribution in [3.63, 3.8) is 0 Å². The molecule has 9 rings (SSSR count). The molecule has 6 heteroatoms. The number of rotatable bonds is 7. The molecule has 306 valence electrons. The quantitative estimate of drug-likeness (QED) is 0.149. The van der Waals surface area contributed by atoms with Gasteiger partial charge in [0.15, 0.2) is 0 Å². The monoisotopic (exact) mass is 966 g/mol. The summed E-state index contributed by atoms with van der Waals surface area (Å²) in [6, 6.07) is 52.5. The molecule has 0 spiro atoms. The molecule has 2 aromatic heterocycles. The Bertz CT molecular complexity index is 2830. The van der Waals surface area contributed by atoms with Gasteiger partial charge in [0.2, 0.25) is 0 Å². The molecule has 0 saturated carbocycles. The van der Waals surface area contributed by atoms with E-state index < -0.39 is 0 Å². The third kappa shape index (κ3) is 7.65. The van der Waals surface area contributed by atoms with E-state index in [0.717, 1.165) is 61.5 Å². The molecular weight excluding hydrogens is 916 g/mol. The zero-order chi connectivity index (χ0) is 41.2. The largest absolute Gasteiger partial charge is 0.509 e. The topological polar surface area (TPSA) is 33.5 Å². The summed E-state index contributed by atoms with van der Waals surface area (Å²) in [7, 11) is 0. The summed E-state index contributed by atoms with van der Waals surface area (Å²) in [5, 5.41) is 2.23. The van der Waals surface area contributed by atoms with Gasteiger partial charge in [0.05, 0.1) is 0 Å². The zero-order valence-corrected chi connectivity index (χ0v) is 38.1. The van der Waals surface area contributed by atoms with E-state index in [2.05, 4.69) is 205 Å². The smallest absolute Gasteiger partial charge is 0.135 e. The van der Waals surface area contributed by atoms with E-state index in [1.54, 1.807) is 0 Å². The Morgan fingerprint density at radius 3 is 1.97 bits per heavy atom. The maximum atomic E-state index is 6.61. The Morgan fingerprint density at radius 2 is 1.30 bits per heavy atom. The molecule has 0 fully saturated rings. The molecule has 1 aliphatic heterocycles. The molecule has 1 aliphatic rings. The van der Waals surface area contributed by atoms with Crippen LogP contribution in [-0.2, 0) is 31.9 Å². The number of para-hydroxylation sites is 3. The van der Waals surface area contributed by atoms with Gasteiger partial charge in [0.1, 0.15) is 5.82 Å². The van der Waals surface area contributed by atoms with Crippen LogP contribution in [-0.4, -0.2) is 9.55 Å². The molecule has 0 amide bonds. The van der Waals surface area contributed by atoms with Crippen molar-refractivity contribution in [2.24, 2.45) is 0 Å². The number of ether oxygens (including phenoxy) is 1. The molecule has 8 aromatic rings. The Labute approximate surface area is 369 Å². The minimum absolute atomic E-state index is 0. The van der Waals surface area contributed by atoms with Gasteiger partial charge in [-0.05, 0) is 93.3 Å². The van der Waals surface area contributed by atoms with Gasteiger partial charge in [0.25, 0.3) is 0 Å². The van der Waals surface area contributed by atoms with Crippen molar-refractivity contribution < 1.29 is 25.8 Å². The first-order valence-electron chi connectivity index (χ1n) is 20.6. The Kier molecular flexibility index (Phi) is 10.8. The number of hydrogen-bond donors (Lipinski definition) is 0. The van der Waals surface area contributed by atoms with E-state index in [1.165, 1.54) is 22.3 Å². The van der Waals surface area contributed by atoms with Crippen LogP contribution in [0, 0.1) is 25.7 Å². The number of aryl methyl sites for hydroxylation is 1. The molecule has 0 aliphatic carbocycles. The van der Waals surface area contributed by atoms with Crippen LogP contribution in [0.25, 0.3) is 38.8 Å². The van der Waals surface area contributed by atoms with Crippen molar-refractivity contribution in [3.05, 3.63) is 175 Å². The number of fused-ring (bicyclic) bond motifs is 4. The average Bonchev–Trinajstić information content (AvgIpc) is 3.76. The predicted molar refractivity (Wildman–Crippen MR) is 246 cm³/mol. The minimum atomic E-state index is 0. The molecule has 60 heavy (non-hydrogen) atoms. The van der Waals surface area contributed by atoms with Crippen LogP contribution >= 0.6 is 0 Å². The molecule has 0 unspecified atom stereocenters. The van der Waals surface area contributed by atoms with E-state index in [4.69, 9.17) is 9.72 Å². The zero-order valence-electron chi connectivity index (χ0n) is 35.9. The van der Waals surface area contributed by atoms with Crippen LogP contribution < -0.4 is 14.5 Å². The predicted octanol–water partition coefficient (Wildman–Crippen LogP) is 14.7. The summed E-state index contributed by atoms with van der Waals surface area (Å²) in [4.78, 5) is 9.54. The van der Waals surface area contributed by atoms with Crippen molar-refractivity contribution >= 4 is 44.6 Å². The standard InChI is InChI=1S/C54H51N4O.Pt/c1-35(2)37-21-23-38(24-22-37)47-33-55-52(27-36(47)3)58-48-18-11-10-17-45(48)46-26-25-44(32-51(46)58)59-43-16-14-15-41(31-43)56-34-57(50-20-13-12-19-49(50)56)42-29-39(53(4,5)6)28-40(30-42)54(7,8)9;/h10-30,33-35H,1-9H3;/q-3;. The van der Waals surface area contributed by atoms with Crippen LogP contribution in [0.15, 0.2) is 134 Å². The number of nitrogens with zero attached hydrogens (tertiary/aromatic N) is 4. The van der Waals surface area contributed by atoms with Crippen molar-refractivity contribution in [2.45, 2.75) is 79.1 Å². The van der Waals surface area contributed by atoms with E-state index in [0.29, 0.717) is 17.4 Å². The molecule has 0 atom stereocenters. The number of aromatic nitrogens is 2. The second-order valence-corrected chi connectivity index (χ2v) is 18.2. The molecule has 3 heterocycles. The van der Waals surface area contributed by atoms with E-state index in [1.807, 2.05) is 24.4 Å². The molecular formula is C54H51N4OPt-3. The first-order chi connectivity index (χ1) is 28.2. The third-order valence-corrected chi connectivity index (χ3v) is 11.6. The van der Waals surface area contributed by atoms with E-state index in [-0.39, 0.29) is 31.9 Å². The van der Waals surface area contributed by atoms with Crippen molar-refractivity contribution in [1.29, 1.82) is 0 Å². The molecule has 5 nitrogen and oxygen atoms in total. The van der Waals surface area contributed by atoms with Crippen molar-refractivity contribution in [3.8, 4) is 28.4 Å². The minimum Gasteiger partial charge on any atom is -0.509 e. The second kappa shape index (κ2) is 15.8. The van der Waals surface area contributed by atoms with Crippen LogP contribution in [0.3, 0.4) is 0 Å². The number of hydrogen-bond acceptors (Lipinski definition) is 4. The van der Waals surface area contributed by atoms with Crippen molar-refractivity contribution in [1.82, 2.24) is 9.55 Å². The van der Waals surface area contributed by atoms with Crippen LogP contribution in [0.1, 0.15) is 83.6 Å². The fourth-order valence-corrected chi connectivity index (χ4v) is 8.07. The number of benzene rings is 6. The molecule has 0 N–H and O–H groups in total. The van der Waals surface area contributed by atoms with Crippen molar-refractivity contribution in [2.75, 3.05) is 9.80 Å². The van der Waals surface area contributed by atoms with Gasteiger partial charge in [-0.1, -0.05) is 122 Å². The average molecular weight is 967 g/mol. The third-order valence-electron chi connectivity index (χ3n) is 11.6. The van der Waals surface area contributed by atoms with Crippen LogP contribution in [0.2, 0.25) is 0 Å².